The van der Waals surface area contributed by atoms with E-state index in [-0.39, 0.29) is 10.7 Å². The van der Waals surface area contributed by atoms with Crippen LogP contribution in [0.1, 0.15) is 22.3 Å². The summed E-state index contributed by atoms with van der Waals surface area (Å²) in [5.74, 6) is 0.0768. The Morgan fingerprint density at radius 1 is 0.833 bits per heavy atom. The third-order valence-corrected chi connectivity index (χ3v) is 5.75. The first-order valence-electron chi connectivity index (χ1n) is 8.99. The quantitative estimate of drug-likeness (QED) is 0.433. The zero-order valence-corrected chi connectivity index (χ0v) is 17.1. The number of amidine groups is 1. The lowest BCUT2D eigenvalue weighted by molar-refractivity contribution is -0.137. The Hall–Kier alpha value is -3.13. The average molecular weight is 432 g/mol. The van der Waals surface area contributed by atoms with Crippen LogP contribution in [0.2, 0.25) is 0 Å². The van der Waals surface area contributed by atoms with Crippen molar-refractivity contribution in [1.82, 2.24) is 0 Å². The van der Waals surface area contributed by atoms with Gasteiger partial charge in [0.25, 0.3) is 10.0 Å². The molecular formula is C22H19F3N2O2S. The molecule has 3 rings (SSSR count). The molecule has 0 heterocycles. The highest BCUT2D eigenvalue weighted by molar-refractivity contribution is 7.90. The summed E-state index contributed by atoms with van der Waals surface area (Å²) in [5, 5.41) is 3.08. The number of hydrogen-bond donors (Lipinski definition) is 1. The Balaban J connectivity index is 2.07. The van der Waals surface area contributed by atoms with Crippen molar-refractivity contribution in [1.29, 1.82) is 0 Å². The van der Waals surface area contributed by atoms with Gasteiger partial charge in [0.1, 0.15) is 0 Å². The predicted octanol–water partition coefficient (Wildman–Crippen LogP) is 5.57. The first-order valence-corrected chi connectivity index (χ1v) is 10.4. The zero-order valence-electron chi connectivity index (χ0n) is 16.2. The summed E-state index contributed by atoms with van der Waals surface area (Å²) in [6.07, 6.45) is -4.55. The summed E-state index contributed by atoms with van der Waals surface area (Å²) in [6.45, 7) is 3.75. The zero-order chi connectivity index (χ0) is 21.9. The second kappa shape index (κ2) is 8.31. The van der Waals surface area contributed by atoms with Crippen LogP contribution in [0.4, 0.5) is 18.9 Å². The van der Waals surface area contributed by atoms with Gasteiger partial charge in [-0.2, -0.15) is 21.6 Å². The molecule has 3 aromatic carbocycles. The van der Waals surface area contributed by atoms with Crippen molar-refractivity contribution >= 4 is 21.5 Å². The molecule has 0 aliphatic carbocycles. The van der Waals surface area contributed by atoms with E-state index in [1.54, 1.807) is 30.3 Å². The van der Waals surface area contributed by atoms with E-state index in [1.807, 2.05) is 32.0 Å². The molecule has 0 aromatic heterocycles. The summed E-state index contributed by atoms with van der Waals surface area (Å²) < 4.78 is 67.9. The number of hydrogen-bond acceptors (Lipinski definition) is 2. The van der Waals surface area contributed by atoms with Crippen LogP contribution in [0.25, 0.3) is 0 Å². The molecule has 0 aliphatic rings. The van der Waals surface area contributed by atoms with Crippen LogP contribution in [-0.4, -0.2) is 14.3 Å². The van der Waals surface area contributed by atoms with Crippen molar-refractivity contribution in [3.8, 4) is 0 Å². The molecule has 30 heavy (non-hydrogen) atoms. The number of sulfonamides is 1. The van der Waals surface area contributed by atoms with Crippen LogP contribution in [0.15, 0.2) is 82.1 Å². The van der Waals surface area contributed by atoms with E-state index in [0.29, 0.717) is 11.3 Å². The SMILES string of the molecule is Cc1cccc(C)c1N/C(=N/S(=O)(=O)c1ccc(C(F)(F)F)cc1)c1ccccc1. The van der Waals surface area contributed by atoms with Crippen molar-refractivity contribution in [3.05, 3.63) is 95.1 Å². The van der Waals surface area contributed by atoms with E-state index in [4.69, 9.17) is 0 Å². The van der Waals surface area contributed by atoms with Crippen LogP contribution in [0.3, 0.4) is 0 Å². The van der Waals surface area contributed by atoms with Crippen LogP contribution in [0.5, 0.6) is 0 Å². The van der Waals surface area contributed by atoms with Crippen LogP contribution in [0, 0.1) is 13.8 Å². The summed E-state index contributed by atoms with van der Waals surface area (Å²) in [5.41, 5.74) is 2.09. The molecular weight excluding hydrogens is 413 g/mol. The number of aryl methyl sites for hydroxylation is 2. The molecule has 0 radical (unpaired) electrons. The monoisotopic (exact) mass is 432 g/mol. The maximum Gasteiger partial charge on any atom is 0.416 e. The van der Waals surface area contributed by atoms with E-state index in [2.05, 4.69) is 9.71 Å². The Morgan fingerprint density at radius 3 is 1.93 bits per heavy atom. The number of benzene rings is 3. The van der Waals surface area contributed by atoms with E-state index >= 15 is 0 Å². The molecule has 0 atom stereocenters. The number of nitrogens with zero attached hydrogens (tertiary/aromatic N) is 1. The van der Waals surface area contributed by atoms with E-state index in [1.165, 1.54) is 0 Å². The van der Waals surface area contributed by atoms with Crippen molar-refractivity contribution in [2.24, 2.45) is 4.40 Å². The maximum absolute atomic E-state index is 12.8. The fourth-order valence-electron chi connectivity index (χ4n) is 2.86. The standard InChI is InChI=1S/C22H19F3N2O2S/c1-15-7-6-8-16(2)20(15)26-21(17-9-4-3-5-10-17)27-30(28,29)19-13-11-18(12-14-19)22(23,24)25/h3-14H,1-2H3,(H,26,27). The van der Waals surface area contributed by atoms with Crippen LogP contribution < -0.4 is 5.32 Å². The fourth-order valence-corrected chi connectivity index (χ4v) is 3.84. The van der Waals surface area contributed by atoms with Gasteiger partial charge < -0.3 is 5.32 Å². The van der Waals surface area contributed by atoms with Gasteiger partial charge in [-0.3, -0.25) is 0 Å². The second-order valence-corrected chi connectivity index (χ2v) is 8.30. The number of anilines is 1. The van der Waals surface area contributed by atoms with Crippen molar-refractivity contribution in [2.45, 2.75) is 24.9 Å². The minimum Gasteiger partial charge on any atom is -0.339 e. The fraction of sp³-hybridized carbons (Fsp3) is 0.136. The molecule has 156 valence electrons. The average Bonchev–Trinajstić information content (AvgIpc) is 2.70. The third kappa shape index (κ3) is 4.88. The number of halogens is 3. The number of rotatable bonds is 4. The summed E-state index contributed by atoms with van der Waals surface area (Å²) >= 11 is 0. The molecule has 0 amide bonds. The smallest absolute Gasteiger partial charge is 0.339 e. The lowest BCUT2D eigenvalue weighted by Gasteiger charge is -2.15. The number of nitrogens with one attached hydrogen (secondary N) is 1. The van der Waals surface area contributed by atoms with Crippen molar-refractivity contribution < 1.29 is 21.6 Å². The van der Waals surface area contributed by atoms with Gasteiger partial charge in [0.15, 0.2) is 5.84 Å². The molecule has 4 nitrogen and oxygen atoms in total. The minimum absolute atomic E-state index is 0.0768. The molecule has 0 unspecified atom stereocenters. The Bertz CT molecular complexity index is 1150. The number of para-hydroxylation sites is 1. The van der Waals surface area contributed by atoms with Gasteiger partial charge >= 0.3 is 6.18 Å². The predicted molar refractivity (Wildman–Crippen MR) is 111 cm³/mol. The molecule has 0 aliphatic heterocycles. The highest BCUT2D eigenvalue weighted by Crippen LogP contribution is 2.30. The van der Waals surface area contributed by atoms with Gasteiger partial charge in [0.05, 0.1) is 10.5 Å². The Morgan fingerprint density at radius 2 is 1.40 bits per heavy atom. The largest absolute Gasteiger partial charge is 0.416 e. The lowest BCUT2D eigenvalue weighted by atomic mass is 10.1. The normalized spacial score (nSPS) is 12.6. The second-order valence-electron chi connectivity index (χ2n) is 6.69. The molecule has 8 heteroatoms. The van der Waals surface area contributed by atoms with Gasteiger partial charge in [-0.05, 0) is 49.2 Å². The van der Waals surface area contributed by atoms with E-state index in [9.17, 15) is 21.6 Å². The highest BCUT2D eigenvalue weighted by atomic mass is 32.2. The first-order chi connectivity index (χ1) is 14.1. The molecule has 0 spiro atoms. The van der Waals surface area contributed by atoms with E-state index in [0.717, 1.165) is 35.4 Å². The first kappa shape index (κ1) is 21.6. The van der Waals surface area contributed by atoms with Gasteiger partial charge in [-0.25, -0.2) is 0 Å². The molecule has 0 saturated heterocycles. The van der Waals surface area contributed by atoms with Gasteiger partial charge in [0.2, 0.25) is 0 Å². The summed E-state index contributed by atoms with van der Waals surface area (Å²) in [4.78, 5) is -0.327. The Kier molecular flexibility index (Phi) is 5.98. The minimum atomic E-state index is -4.55. The molecule has 0 fully saturated rings. The highest BCUT2D eigenvalue weighted by Gasteiger charge is 2.30. The summed E-state index contributed by atoms with van der Waals surface area (Å²) in [6, 6.07) is 17.6. The third-order valence-electron chi connectivity index (χ3n) is 4.46. The van der Waals surface area contributed by atoms with Crippen LogP contribution in [-0.2, 0) is 16.2 Å². The summed E-state index contributed by atoms with van der Waals surface area (Å²) in [7, 11) is -4.26. The van der Waals surface area contributed by atoms with E-state index < -0.39 is 21.8 Å². The molecule has 0 saturated carbocycles. The maximum atomic E-state index is 12.8. The van der Waals surface area contributed by atoms with Gasteiger partial charge in [0, 0.05) is 11.3 Å². The van der Waals surface area contributed by atoms with Gasteiger partial charge in [-0.1, -0.05) is 48.5 Å². The van der Waals surface area contributed by atoms with Crippen molar-refractivity contribution in [3.63, 3.8) is 0 Å². The Labute approximate surface area is 173 Å². The molecule has 0 bridgehead atoms. The lowest BCUT2D eigenvalue weighted by Crippen LogP contribution is -2.18. The molecule has 3 aromatic rings. The number of alkyl halides is 3. The molecule has 1 N–H and O–H groups in total. The topological polar surface area (TPSA) is 58.5 Å². The van der Waals surface area contributed by atoms with Crippen LogP contribution >= 0.6 is 0 Å². The van der Waals surface area contributed by atoms with Crippen molar-refractivity contribution in [2.75, 3.05) is 5.32 Å². The van der Waals surface area contributed by atoms with Gasteiger partial charge in [-0.15, -0.1) is 4.40 Å².